The molecule has 2 saturated heterocycles. The molecule has 2 aromatic heterocycles. The van der Waals surface area contributed by atoms with Crippen molar-refractivity contribution in [1.29, 1.82) is 0 Å². The van der Waals surface area contributed by atoms with Crippen LogP contribution in [0.4, 0.5) is 8.78 Å². The normalized spacial score (nSPS) is 20.4. The van der Waals surface area contributed by atoms with Crippen LogP contribution in [-0.2, 0) is 24.6 Å². The molecule has 4 amide bonds. The van der Waals surface area contributed by atoms with Gasteiger partial charge in [-0.15, -0.1) is 22.7 Å². The summed E-state index contributed by atoms with van der Waals surface area (Å²) in [7, 11) is -5.79. The van der Waals surface area contributed by atoms with Gasteiger partial charge in [-0.05, 0) is 55.8 Å². The third-order valence-electron chi connectivity index (χ3n) is 9.00. The third-order valence-corrected chi connectivity index (χ3v) is 12.1. The lowest BCUT2D eigenvalue weighted by atomic mass is 10.1. The van der Waals surface area contributed by atoms with E-state index in [2.05, 4.69) is 16.0 Å². The van der Waals surface area contributed by atoms with Crippen molar-refractivity contribution in [2.45, 2.75) is 61.9 Å². The first-order valence-electron chi connectivity index (χ1n) is 16.1. The van der Waals surface area contributed by atoms with Crippen LogP contribution in [0.3, 0.4) is 0 Å². The number of halogens is 2. The maximum Gasteiger partial charge on any atom is 0.399 e. The highest BCUT2D eigenvalue weighted by Gasteiger charge is 2.50. The summed E-state index contributed by atoms with van der Waals surface area (Å²) in [5.41, 5.74) is 1.76. The van der Waals surface area contributed by atoms with Gasteiger partial charge in [0.05, 0.1) is 16.6 Å². The Bertz CT molecular complexity index is 2000. The monoisotopic (exact) mass is 760 g/mol. The van der Waals surface area contributed by atoms with Crippen LogP contribution in [0.5, 0.6) is 0 Å². The van der Waals surface area contributed by atoms with Gasteiger partial charge < -0.3 is 36.4 Å². The molecule has 2 aliphatic heterocycles. The van der Waals surface area contributed by atoms with Crippen LogP contribution < -0.4 is 21.7 Å². The predicted octanol–water partition coefficient (Wildman–Crippen LogP) is 3.83. The van der Waals surface area contributed by atoms with Crippen LogP contribution in [0.2, 0.25) is 0 Å². The maximum absolute atomic E-state index is 14.3. The molecule has 51 heavy (non-hydrogen) atoms. The predicted molar refractivity (Wildman–Crippen MR) is 187 cm³/mol. The lowest BCUT2D eigenvalue weighted by Gasteiger charge is -2.35. The first-order valence-corrected chi connectivity index (χ1v) is 19.4. The summed E-state index contributed by atoms with van der Waals surface area (Å²) in [5, 5.41) is 11.5. The number of hydrogen-bond acceptors (Lipinski definition) is 9. The number of amides is 4. The number of alkyl halides is 2. The molecule has 0 bridgehead atoms. The van der Waals surface area contributed by atoms with Gasteiger partial charge in [-0.3, -0.25) is 23.7 Å². The molecular formula is C33H35F2N6O7PS2. The van der Waals surface area contributed by atoms with Gasteiger partial charge in [-0.2, -0.15) is 8.78 Å². The molecule has 4 heterocycles. The zero-order valence-corrected chi connectivity index (χ0v) is 29.5. The summed E-state index contributed by atoms with van der Waals surface area (Å²) >= 11 is 2.31. The van der Waals surface area contributed by atoms with Crippen molar-refractivity contribution in [3.63, 3.8) is 0 Å². The van der Waals surface area contributed by atoms with Gasteiger partial charge in [-0.1, -0.05) is 36.4 Å². The topological polar surface area (TPSA) is 204 Å². The highest BCUT2D eigenvalue weighted by molar-refractivity contribution is 7.52. The van der Waals surface area contributed by atoms with Crippen LogP contribution in [0.15, 0.2) is 60.0 Å². The van der Waals surface area contributed by atoms with Gasteiger partial charge >= 0.3 is 13.3 Å². The molecule has 18 heteroatoms. The van der Waals surface area contributed by atoms with Crippen molar-refractivity contribution in [2.24, 2.45) is 5.73 Å². The summed E-state index contributed by atoms with van der Waals surface area (Å²) < 4.78 is 40.5. The van der Waals surface area contributed by atoms with Crippen molar-refractivity contribution < 1.29 is 42.3 Å². The molecule has 13 nitrogen and oxygen atoms in total. The number of nitrogens with zero attached hydrogens (tertiary/aromatic N) is 2. The number of carbonyl (C=O) groups is 4. The molecule has 0 saturated carbocycles. The fourth-order valence-corrected chi connectivity index (χ4v) is 8.73. The molecular weight excluding hydrogens is 726 g/mol. The van der Waals surface area contributed by atoms with Crippen LogP contribution in [0, 0.1) is 0 Å². The van der Waals surface area contributed by atoms with Crippen molar-refractivity contribution in [3.8, 4) is 11.3 Å². The molecule has 270 valence electrons. The van der Waals surface area contributed by atoms with Gasteiger partial charge in [0.15, 0.2) is 0 Å². The van der Waals surface area contributed by atoms with E-state index < -0.39 is 60.6 Å². The Balaban J connectivity index is 1.19. The Hall–Kier alpha value is -4.12. The third kappa shape index (κ3) is 7.88. The number of hydrogen-bond donors (Lipinski definition) is 6. The summed E-state index contributed by atoms with van der Waals surface area (Å²) in [4.78, 5) is 77.7. The SMILES string of the molecule is NC(=O)CCC(NC(=O)[C@@H]1CC[C@@H]2CCNC[C@H](NC(=O)c3cc4cc(C(F)(F)P(=O)(O)O)ccc4s3)C(=O)N21)c1nc(-c2ccccc2)cs1. The van der Waals surface area contributed by atoms with Crippen LogP contribution >= 0.6 is 30.3 Å². The lowest BCUT2D eigenvalue weighted by molar-refractivity contribution is -0.142. The first-order chi connectivity index (χ1) is 24.2. The number of primary amides is 1. The van der Waals surface area contributed by atoms with E-state index in [4.69, 9.17) is 20.5 Å². The van der Waals surface area contributed by atoms with Crippen LogP contribution in [0.25, 0.3) is 21.3 Å². The fraction of sp³-hybridized carbons (Fsp3) is 0.364. The summed E-state index contributed by atoms with van der Waals surface area (Å²) in [6, 6.07) is 11.1. The Morgan fingerprint density at radius 3 is 2.61 bits per heavy atom. The molecule has 1 unspecified atom stereocenters. The molecule has 6 rings (SSSR count). The number of nitrogens with two attached hydrogens (primary N) is 1. The molecule has 0 spiro atoms. The lowest BCUT2D eigenvalue weighted by Crippen LogP contribution is -2.60. The second-order valence-electron chi connectivity index (χ2n) is 12.5. The summed E-state index contributed by atoms with van der Waals surface area (Å²) in [5.74, 6) is -2.06. The molecule has 0 aliphatic carbocycles. The second kappa shape index (κ2) is 14.9. The van der Waals surface area contributed by atoms with Crippen LogP contribution in [0.1, 0.15) is 58.4 Å². The Labute approximate surface area is 298 Å². The highest BCUT2D eigenvalue weighted by Crippen LogP contribution is 2.59. The second-order valence-corrected chi connectivity index (χ2v) is 16.1. The molecule has 4 aromatic rings. The van der Waals surface area contributed by atoms with E-state index in [9.17, 15) is 32.5 Å². The van der Waals surface area contributed by atoms with Gasteiger partial charge in [-0.25, -0.2) is 4.98 Å². The van der Waals surface area contributed by atoms with E-state index >= 15 is 0 Å². The number of nitrogens with one attached hydrogen (secondary N) is 3. The highest BCUT2D eigenvalue weighted by atomic mass is 32.1. The molecule has 2 aromatic carbocycles. The summed E-state index contributed by atoms with van der Waals surface area (Å²) in [6.07, 6.45) is 1.75. The Morgan fingerprint density at radius 1 is 1.12 bits per heavy atom. The average Bonchev–Trinajstić information content (AvgIpc) is 3.85. The molecule has 4 atom stereocenters. The molecule has 2 aliphatic rings. The average molecular weight is 761 g/mol. The Kier molecular flexibility index (Phi) is 10.7. The van der Waals surface area contributed by atoms with Gasteiger partial charge in [0.25, 0.3) is 5.91 Å². The van der Waals surface area contributed by atoms with Crippen molar-refractivity contribution >= 4 is 64.0 Å². The van der Waals surface area contributed by atoms with Crippen molar-refractivity contribution in [3.05, 3.63) is 75.4 Å². The van der Waals surface area contributed by atoms with Gasteiger partial charge in [0.2, 0.25) is 17.7 Å². The first kappa shape index (κ1) is 36.7. The smallest absolute Gasteiger partial charge is 0.370 e. The standard InChI is InChI=1S/C33H35F2N6O7PS2/c34-33(35,49(46,47)48)20-6-10-26-19(14-20)15-27(51-26)30(44)39-23-16-37-13-12-21-7-9-25(41(21)32(23)45)29(43)38-22(8-11-28(36)42)31-40-24(17-50-31)18-4-2-1-3-5-18/h1-6,10,14-15,17,21-23,25,37H,7-9,11-13,16H2,(H2,36,42)(H,38,43)(H,39,44)(H2,46,47,48)/t21-,22?,23+,25+/m1/s1. The molecule has 2 fully saturated rings. The largest absolute Gasteiger partial charge is 0.399 e. The van der Waals surface area contributed by atoms with E-state index in [0.29, 0.717) is 35.5 Å². The van der Waals surface area contributed by atoms with Crippen LogP contribution in [-0.4, -0.2) is 74.5 Å². The number of fused-ring (bicyclic) bond motifs is 2. The minimum absolute atomic E-state index is 0.00600. The van der Waals surface area contributed by atoms with E-state index in [1.54, 1.807) is 0 Å². The van der Waals surface area contributed by atoms with Gasteiger partial charge in [0, 0.05) is 40.2 Å². The number of thiazole rings is 1. The minimum Gasteiger partial charge on any atom is -0.370 e. The van der Waals surface area contributed by atoms with E-state index in [-0.39, 0.29) is 35.7 Å². The van der Waals surface area contributed by atoms with E-state index in [1.807, 2.05) is 35.7 Å². The minimum atomic E-state index is -5.79. The number of thiophene rings is 1. The number of rotatable bonds is 11. The van der Waals surface area contributed by atoms with E-state index in [1.165, 1.54) is 28.4 Å². The zero-order valence-electron chi connectivity index (χ0n) is 27.0. The zero-order chi connectivity index (χ0) is 36.5. The van der Waals surface area contributed by atoms with Gasteiger partial charge in [0.1, 0.15) is 17.1 Å². The number of aromatic nitrogens is 1. The quantitative estimate of drug-likeness (QED) is 0.123. The Morgan fingerprint density at radius 2 is 1.88 bits per heavy atom. The van der Waals surface area contributed by atoms with Crippen molar-refractivity contribution in [2.75, 3.05) is 13.1 Å². The number of benzene rings is 2. The maximum atomic E-state index is 14.3. The number of carbonyl (C=O) groups excluding carboxylic acids is 4. The summed E-state index contributed by atoms with van der Waals surface area (Å²) in [6.45, 7) is 0.603. The van der Waals surface area contributed by atoms with E-state index in [0.717, 1.165) is 34.7 Å². The fourth-order valence-electron chi connectivity index (χ4n) is 6.39. The molecule has 0 radical (unpaired) electrons. The van der Waals surface area contributed by atoms with Crippen molar-refractivity contribution in [1.82, 2.24) is 25.8 Å². The molecule has 7 N–H and O–H groups in total.